The summed E-state index contributed by atoms with van der Waals surface area (Å²) in [5, 5.41) is 3.56. The zero-order valence-electron chi connectivity index (χ0n) is 10.1. The summed E-state index contributed by atoms with van der Waals surface area (Å²) < 4.78 is 1.29. The summed E-state index contributed by atoms with van der Waals surface area (Å²) in [7, 11) is 0. The van der Waals surface area contributed by atoms with Crippen molar-refractivity contribution < 1.29 is 0 Å². The molecule has 0 heterocycles. The Balaban J connectivity index is 2.18. The van der Waals surface area contributed by atoms with E-state index >= 15 is 0 Å². The summed E-state index contributed by atoms with van der Waals surface area (Å²) in [6, 6.07) is 7.18. The quantitative estimate of drug-likeness (QED) is 0.887. The van der Waals surface area contributed by atoms with Gasteiger partial charge in [0.05, 0.1) is 0 Å². The van der Waals surface area contributed by atoms with E-state index in [4.69, 9.17) is 0 Å². The van der Waals surface area contributed by atoms with Crippen molar-refractivity contribution in [3.8, 4) is 0 Å². The van der Waals surface area contributed by atoms with Crippen LogP contribution in [0.1, 0.15) is 43.7 Å². The van der Waals surface area contributed by atoms with Crippen LogP contribution in [0.5, 0.6) is 0 Å². The number of hydrogen-bond donors (Lipinski definition) is 1. The average Bonchev–Trinajstić information content (AvgIpc) is 2.26. The Bertz CT molecular complexity index is 360. The standard InChI is InChI=1S/C14H20BrN/c1-10(2)16-9-12-7-3-5-11-6-4-8-13(15)14(11)12/h4,6,8,10,12,16H,3,5,7,9H2,1-2H3. The van der Waals surface area contributed by atoms with Gasteiger partial charge in [0.25, 0.3) is 0 Å². The molecule has 1 aromatic carbocycles. The molecule has 0 saturated carbocycles. The molecule has 1 N–H and O–H groups in total. The van der Waals surface area contributed by atoms with Crippen LogP contribution in [-0.2, 0) is 6.42 Å². The van der Waals surface area contributed by atoms with Gasteiger partial charge in [-0.1, -0.05) is 41.9 Å². The molecule has 0 spiro atoms. The highest BCUT2D eigenvalue weighted by Crippen LogP contribution is 2.36. The Morgan fingerprint density at radius 3 is 3.00 bits per heavy atom. The second-order valence-corrected chi connectivity index (χ2v) is 5.82. The van der Waals surface area contributed by atoms with Gasteiger partial charge in [-0.2, -0.15) is 0 Å². The number of fused-ring (bicyclic) bond motifs is 1. The fraction of sp³-hybridized carbons (Fsp3) is 0.571. The van der Waals surface area contributed by atoms with E-state index in [1.165, 1.54) is 29.3 Å². The van der Waals surface area contributed by atoms with Gasteiger partial charge in [-0.15, -0.1) is 0 Å². The number of hydrogen-bond acceptors (Lipinski definition) is 1. The average molecular weight is 282 g/mol. The number of benzene rings is 1. The van der Waals surface area contributed by atoms with Crippen LogP contribution in [0.15, 0.2) is 22.7 Å². The van der Waals surface area contributed by atoms with Gasteiger partial charge in [-0.05, 0) is 42.4 Å². The van der Waals surface area contributed by atoms with E-state index in [2.05, 4.69) is 53.3 Å². The van der Waals surface area contributed by atoms with E-state index in [1.807, 2.05) is 0 Å². The SMILES string of the molecule is CC(C)NCC1CCCc2cccc(Br)c21. The summed E-state index contributed by atoms with van der Waals surface area (Å²) in [5.41, 5.74) is 3.08. The first-order chi connectivity index (χ1) is 7.68. The highest BCUT2D eigenvalue weighted by molar-refractivity contribution is 9.10. The van der Waals surface area contributed by atoms with Gasteiger partial charge in [0, 0.05) is 17.1 Å². The molecular formula is C14H20BrN. The minimum absolute atomic E-state index is 0.577. The minimum atomic E-state index is 0.577. The highest BCUT2D eigenvalue weighted by atomic mass is 79.9. The summed E-state index contributed by atoms with van der Waals surface area (Å²) in [6.07, 6.45) is 3.89. The van der Waals surface area contributed by atoms with E-state index in [0.717, 1.165) is 6.54 Å². The fourth-order valence-electron chi connectivity index (χ4n) is 2.52. The maximum Gasteiger partial charge on any atom is 0.0213 e. The van der Waals surface area contributed by atoms with Crippen molar-refractivity contribution >= 4 is 15.9 Å². The zero-order chi connectivity index (χ0) is 11.5. The van der Waals surface area contributed by atoms with E-state index in [-0.39, 0.29) is 0 Å². The summed E-state index contributed by atoms with van der Waals surface area (Å²) in [4.78, 5) is 0. The third-order valence-electron chi connectivity index (χ3n) is 3.32. The Morgan fingerprint density at radius 2 is 2.25 bits per heavy atom. The van der Waals surface area contributed by atoms with E-state index < -0.39 is 0 Å². The Kier molecular flexibility index (Phi) is 4.04. The van der Waals surface area contributed by atoms with Crippen molar-refractivity contribution in [2.45, 2.75) is 45.1 Å². The maximum atomic E-state index is 3.70. The Hall–Kier alpha value is -0.340. The maximum absolute atomic E-state index is 3.70. The van der Waals surface area contributed by atoms with Crippen LogP contribution in [0.3, 0.4) is 0 Å². The van der Waals surface area contributed by atoms with Crippen molar-refractivity contribution in [1.29, 1.82) is 0 Å². The van der Waals surface area contributed by atoms with Crippen molar-refractivity contribution in [2.75, 3.05) is 6.54 Å². The van der Waals surface area contributed by atoms with Crippen LogP contribution in [-0.4, -0.2) is 12.6 Å². The van der Waals surface area contributed by atoms with Gasteiger partial charge in [-0.25, -0.2) is 0 Å². The first kappa shape index (κ1) is 12.1. The van der Waals surface area contributed by atoms with Crippen LogP contribution in [0, 0.1) is 0 Å². The van der Waals surface area contributed by atoms with Crippen molar-refractivity contribution in [3.63, 3.8) is 0 Å². The van der Waals surface area contributed by atoms with Crippen LogP contribution in [0.4, 0.5) is 0 Å². The predicted molar refractivity (Wildman–Crippen MR) is 73.0 cm³/mol. The normalized spacial score (nSPS) is 19.9. The number of aryl methyl sites for hydroxylation is 1. The van der Waals surface area contributed by atoms with Gasteiger partial charge in [0.15, 0.2) is 0 Å². The second-order valence-electron chi connectivity index (χ2n) is 4.96. The number of nitrogens with one attached hydrogen (secondary N) is 1. The van der Waals surface area contributed by atoms with E-state index in [1.54, 1.807) is 5.56 Å². The lowest BCUT2D eigenvalue weighted by Crippen LogP contribution is -2.29. The fourth-order valence-corrected chi connectivity index (χ4v) is 3.25. The molecule has 2 heteroatoms. The molecule has 1 aromatic rings. The van der Waals surface area contributed by atoms with Crippen molar-refractivity contribution in [3.05, 3.63) is 33.8 Å². The molecule has 1 atom stereocenters. The lowest BCUT2D eigenvalue weighted by atomic mass is 9.83. The topological polar surface area (TPSA) is 12.0 Å². The van der Waals surface area contributed by atoms with E-state index in [0.29, 0.717) is 12.0 Å². The largest absolute Gasteiger partial charge is 0.314 e. The third kappa shape index (κ3) is 2.67. The first-order valence-electron chi connectivity index (χ1n) is 6.19. The molecule has 1 nitrogen and oxygen atoms in total. The molecule has 1 aliphatic rings. The molecule has 16 heavy (non-hydrogen) atoms. The Morgan fingerprint density at radius 1 is 1.44 bits per heavy atom. The molecule has 0 aliphatic heterocycles. The van der Waals surface area contributed by atoms with Crippen LogP contribution in [0.25, 0.3) is 0 Å². The molecule has 0 radical (unpaired) electrons. The molecule has 0 aromatic heterocycles. The van der Waals surface area contributed by atoms with Crippen LogP contribution >= 0.6 is 15.9 Å². The molecule has 1 aliphatic carbocycles. The van der Waals surface area contributed by atoms with Crippen LogP contribution < -0.4 is 5.32 Å². The zero-order valence-corrected chi connectivity index (χ0v) is 11.7. The molecule has 0 bridgehead atoms. The smallest absolute Gasteiger partial charge is 0.0213 e. The molecule has 2 rings (SSSR count). The van der Waals surface area contributed by atoms with Crippen molar-refractivity contribution in [2.24, 2.45) is 0 Å². The molecule has 0 amide bonds. The van der Waals surface area contributed by atoms with Gasteiger partial charge in [-0.3, -0.25) is 0 Å². The van der Waals surface area contributed by atoms with Gasteiger partial charge < -0.3 is 5.32 Å². The van der Waals surface area contributed by atoms with Crippen LogP contribution in [0.2, 0.25) is 0 Å². The summed E-state index contributed by atoms with van der Waals surface area (Å²) >= 11 is 3.70. The molecule has 0 fully saturated rings. The molecule has 88 valence electrons. The third-order valence-corrected chi connectivity index (χ3v) is 4.01. The van der Waals surface area contributed by atoms with Gasteiger partial charge in [0.1, 0.15) is 0 Å². The van der Waals surface area contributed by atoms with Gasteiger partial charge >= 0.3 is 0 Å². The second kappa shape index (κ2) is 5.33. The summed E-state index contributed by atoms with van der Waals surface area (Å²) in [6.45, 7) is 5.53. The molecule has 1 unspecified atom stereocenters. The molecular weight excluding hydrogens is 262 g/mol. The minimum Gasteiger partial charge on any atom is -0.314 e. The Labute approximate surface area is 107 Å². The lowest BCUT2D eigenvalue weighted by Gasteiger charge is -2.27. The van der Waals surface area contributed by atoms with Gasteiger partial charge in [0.2, 0.25) is 0 Å². The number of halogens is 1. The number of rotatable bonds is 3. The lowest BCUT2D eigenvalue weighted by molar-refractivity contribution is 0.478. The van der Waals surface area contributed by atoms with E-state index in [9.17, 15) is 0 Å². The monoisotopic (exact) mass is 281 g/mol. The summed E-state index contributed by atoms with van der Waals surface area (Å²) in [5.74, 6) is 0.682. The molecule has 0 saturated heterocycles. The highest BCUT2D eigenvalue weighted by Gasteiger charge is 2.22. The first-order valence-corrected chi connectivity index (χ1v) is 6.98. The predicted octanol–water partition coefficient (Wildman–Crippen LogP) is 3.87. The van der Waals surface area contributed by atoms with Crippen molar-refractivity contribution in [1.82, 2.24) is 5.32 Å².